The van der Waals surface area contributed by atoms with Gasteiger partial charge in [0.2, 0.25) is 0 Å². The van der Waals surface area contributed by atoms with Crippen molar-refractivity contribution in [3.05, 3.63) is 15.6 Å². The van der Waals surface area contributed by atoms with E-state index in [-0.39, 0.29) is 5.78 Å². The lowest BCUT2D eigenvalue weighted by molar-refractivity contribution is 0.102. The molecule has 4 heteroatoms. The van der Waals surface area contributed by atoms with Gasteiger partial charge in [0, 0.05) is 6.92 Å². The van der Waals surface area contributed by atoms with Gasteiger partial charge in [-0.15, -0.1) is 11.3 Å². The van der Waals surface area contributed by atoms with Gasteiger partial charge < -0.3 is 0 Å². The van der Waals surface area contributed by atoms with Crippen molar-refractivity contribution in [2.75, 3.05) is 13.1 Å². The summed E-state index contributed by atoms with van der Waals surface area (Å²) in [6, 6.07) is 0. The standard InChI is InChI=1S/C13H20N2OS/c1-9(2)12-13(10(3)16)17-11(14-12)8-15-6-4-5-7-15/h9H,4-8H2,1-3H3. The quantitative estimate of drug-likeness (QED) is 0.772. The van der Waals surface area contributed by atoms with Crippen LogP contribution in [-0.4, -0.2) is 28.8 Å². The molecule has 0 aliphatic carbocycles. The molecule has 94 valence electrons. The number of Topliss-reactive ketones (excluding diaryl/α,β-unsaturated/α-hetero) is 1. The smallest absolute Gasteiger partial charge is 0.171 e. The predicted octanol–water partition coefficient (Wildman–Crippen LogP) is 3.06. The van der Waals surface area contributed by atoms with Gasteiger partial charge in [-0.05, 0) is 31.8 Å². The Morgan fingerprint density at radius 3 is 2.53 bits per heavy atom. The van der Waals surface area contributed by atoms with E-state index in [9.17, 15) is 4.79 Å². The molecule has 1 aliphatic rings. The molecule has 0 radical (unpaired) electrons. The van der Waals surface area contributed by atoms with Gasteiger partial charge in [0.25, 0.3) is 0 Å². The summed E-state index contributed by atoms with van der Waals surface area (Å²) in [5, 5.41) is 1.10. The first-order valence-corrected chi connectivity index (χ1v) is 7.12. The maximum Gasteiger partial charge on any atom is 0.171 e. The largest absolute Gasteiger partial charge is 0.297 e. The molecular formula is C13H20N2OS. The van der Waals surface area contributed by atoms with Crippen molar-refractivity contribution in [1.29, 1.82) is 0 Å². The molecule has 3 nitrogen and oxygen atoms in total. The van der Waals surface area contributed by atoms with Crippen LogP contribution in [0.1, 0.15) is 59.9 Å². The summed E-state index contributed by atoms with van der Waals surface area (Å²) in [5.74, 6) is 0.483. The van der Waals surface area contributed by atoms with Gasteiger partial charge in [0.05, 0.1) is 17.1 Å². The summed E-state index contributed by atoms with van der Waals surface area (Å²) in [5.41, 5.74) is 0.983. The Bertz CT molecular complexity index is 406. The Hall–Kier alpha value is -0.740. The maximum atomic E-state index is 11.6. The van der Waals surface area contributed by atoms with Crippen LogP contribution >= 0.6 is 11.3 Å². The van der Waals surface area contributed by atoms with Gasteiger partial charge in [0.15, 0.2) is 5.78 Å². The Balaban J connectivity index is 2.17. The van der Waals surface area contributed by atoms with E-state index in [2.05, 4.69) is 23.7 Å². The Morgan fingerprint density at radius 2 is 2.06 bits per heavy atom. The summed E-state index contributed by atoms with van der Waals surface area (Å²) in [7, 11) is 0. The molecule has 0 unspecified atom stereocenters. The third-order valence-corrected chi connectivity index (χ3v) is 4.28. The van der Waals surface area contributed by atoms with Gasteiger partial charge in [-0.3, -0.25) is 9.69 Å². The Labute approximate surface area is 107 Å². The van der Waals surface area contributed by atoms with Crippen LogP contribution in [0.25, 0.3) is 0 Å². The number of likely N-dealkylation sites (tertiary alicyclic amines) is 1. The molecule has 0 amide bonds. The molecule has 1 aromatic heterocycles. The second-order valence-corrected chi connectivity index (χ2v) is 6.10. The monoisotopic (exact) mass is 252 g/mol. The average molecular weight is 252 g/mol. The zero-order valence-electron chi connectivity index (χ0n) is 10.8. The molecule has 0 atom stereocenters. The summed E-state index contributed by atoms with van der Waals surface area (Å²) >= 11 is 1.58. The van der Waals surface area contributed by atoms with E-state index in [0.717, 1.165) is 22.1 Å². The molecule has 2 heterocycles. The molecule has 0 saturated carbocycles. The number of hydrogen-bond donors (Lipinski definition) is 0. The number of thiazole rings is 1. The zero-order valence-corrected chi connectivity index (χ0v) is 11.6. The average Bonchev–Trinajstić information content (AvgIpc) is 2.86. The zero-order chi connectivity index (χ0) is 12.4. The predicted molar refractivity (Wildman–Crippen MR) is 70.7 cm³/mol. The van der Waals surface area contributed by atoms with E-state index in [1.54, 1.807) is 18.3 Å². The van der Waals surface area contributed by atoms with Crippen LogP contribution in [-0.2, 0) is 6.54 Å². The first kappa shape index (κ1) is 12.7. The van der Waals surface area contributed by atoms with Crippen molar-refractivity contribution in [3.8, 4) is 0 Å². The lowest BCUT2D eigenvalue weighted by atomic mass is 10.1. The van der Waals surface area contributed by atoms with E-state index in [0.29, 0.717) is 5.92 Å². The topological polar surface area (TPSA) is 33.2 Å². The van der Waals surface area contributed by atoms with E-state index in [4.69, 9.17) is 0 Å². The number of carbonyl (C=O) groups is 1. The minimum atomic E-state index is 0.152. The van der Waals surface area contributed by atoms with Crippen LogP contribution in [0.4, 0.5) is 0 Å². The summed E-state index contributed by atoms with van der Waals surface area (Å²) in [6.07, 6.45) is 2.59. The number of carbonyl (C=O) groups excluding carboxylic acids is 1. The Morgan fingerprint density at radius 1 is 1.41 bits per heavy atom. The van der Waals surface area contributed by atoms with Crippen molar-refractivity contribution >= 4 is 17.1 Å². The van der Waals surface area contributed by atoms with Crippen molar-refractivity contribution in [1.82, 2.24) is 9.88 Å². The van der Waals surface area contributed by atoms with E-state index in [1.807, 2.05) is 0 Å². The molecular weight excluding hydrogens is 232 g/mol. The molecule has 0 N–H and O–H groups in total. The Kier molecular flexibility index (Phi) is 3.94. The van der Waals surface area contributed by atoms with Crippen molar-refractivity contribution in [2.45, 2.75) is 46.1 Å². The summed E-state index contributed by atoms with van der Waals surface area (Å²) < 4.78 is 0. The van der Waals surface area contributed by atoms with Crippen molar-refractivity contribution in [2.24, 2.45) is 0 Å². The minimum Gasteiger partial charge on any atom is -0.297 e. The highest BCUT2D eigenvalue weighted by Gasteiger charge is 2.19. The molecule has 1 aliphatic heterocycles. The van der Waals surface area contributed by atoms with Gasteiger partial charge >= 0.3 is 0 Å². The first-order chi connectivity index (χ1) is 8.08. The molecule has 1 fully saturated rings. The van der Waals surface area contributed by atoms with Crippen LogP contribution < -0.4 is 0 Å². The molecule has 2 rings (SSSR count). The molecule has 1 aromatic rings. The molecule has 0 aromatic carbocycles. The van der Waals surface area contributed by atoms with Gasteiger partial charge in [-0.25, -0.2) is 4.98 Å². The number of ketones is 1. The number of nitrogens with zero attached hydrogens (tertiary/aromatic N) is 2. The highest BCUT2D eigenvalue weighted by atomic mass is 32.1. The van der Waals surface area contributed by atoms with E-state index < -0.39 is 0 Å². The van der Waals surface area contributed by atoms with Gasteiger partial charge in [-0.2, -0.15) is 0 Å². The number of aromatic nitrogens is 1. The van der Waals surface area contributed by atoms with Crippen LogP contribution in [0.15, 0.2) is 0 Å². The fourth-order valence-corrected chi connectivity index (χ4v) is 3.38. The van der Waals surface area contributed by atoms with Crippen molar-refractivity contribution in [3.63, 3.8) is 0 Å². The fraction of sp³-hybridized carbons (Fsp3) is 0.692. The lowest BCUT2D eigenvalue weighted by Gasteiger charge is -2.11. The third-order valence-electron chi connectivity index (χ3n) is 3.12. The van der Waals surface area contributed by atoms with Crippen LogP contribution in [0.5, 0.6) is 0 Å². The highest BCUT2D eigenvalue weighted by molar-refractivity contribution is 7.13. The maximum absolute atomic E-state index is 11.6. The number of rotatable bonds is 4. The SMILES string of the molecule is CC(=O)c1sc(CN2CCCC2)nc1C(C)C. The minimum absolute atomic E-state index is 0.152. The third kappa shape index (κ3) is 2.93. The van der Waals surface area contributed by atoms with Crippen LogP contribution in [0.3, 0.4) is 0 Å². The number of hydrogen-bond acceptors (Lipinski definition) is 4. The molecule has 0 bridgehead atoms. The lowest BCUT2D eigenvalue weighted by Crippen LogP contribution is -2.18. The van der Waals surface area contributed by atoms with E-state index in [1.165, 1.54) is 25.9 Å². The van der Waals surface area contributed by atoms with Gasteiger partial charge in [0.1, 0.15) is 5.01 Å². The van der Waals surface area contributed by atoms with E-state index >= 15 is 0 Å². The fourth-order valence-electron chi connectivity index (χ4n) is 2.22. The molecule has 1 saturated heterocycles. The second kappa shape index (κ2) is 5.27. The second-order valence-electron chi connectivity index (χ2n) is 5.02. The van der Waals surface area contributed by atoms with Crippen LogP contribution in [0, 0.1) is 0 Å². The van der Waals surface area contributed by atoms with Crippen molar-refractivity contribution < 1.29 is 4.79 Å². The highest BCUT2D eigenvalue weighted by Crippen LogP contribution is 2.27. The summed E-state index contributed by atoms with van der Waals surface area (Å²) in [6.45, 7) is 9.09. The summed E-state index contributed by atoms with van der Waals surface area (Å²) in [4.78, 5) is 19.5. The first-order valence-electron chi connectivity index (χ1n) is 6.31. The normalized spacial score (nSPS) is 16.9. The molecule has 17 heavy (non-hydrogen) atoms. The van der Waals surface area contributed by atoms with Crippen LogP contribution in [0.2, 0.25) is 0 Å². The van der Waals surface area contributed by atoms with Gasteiger partial charge in [-0.1, -0.05) is 13.8 Å². The molecule has 0 spiro atoms.